The first-order chi connectivity index (χ1) is 10.2. The Balaban J connectivity index is 3.47. The Kier molecular flexibility index (Phi) is 5.66. The molecule has 22 heavy (non-hydrogen) atoms. The van der Waals surface area contributed by atoms with E-state index in [0.29, 0.717) is 11.0 Å². The van der Waals surface area contributed by atoms with Gasteiger partial charge in [-0.05, 0) is 6.42 Å². The Labute approximate surface area is 127 Å². The zero-order valence-corrected chi connectivity index (χ0v) is 13.7. The van der Waals surface area contributed by atoms with Gasteiger partial charge >= 0.3 is 11.7 Å². The van der Waals surface area contributed by atoms with Gasteiger partial charge in [0.15, 0.2) is 4.90 Å². The van der Waals surface area contributed by atoms with Crippen molar-refractivity contribution in [1.29, 1.82) is 0 Å². The summed E-state index contributed by atoms with van der Waals surface area (Å²) < 4.78 is 32.2. The molecule has 0 saturated carbocycles. The van der Waals surface area contributed by atoms with Gasteiger partial charge in [0.25, 0.3) is 15.6 Å². The van der Waals surface area contributed by atoms with Gasteiger partial charge in [-0.15, -0.1) is 0 Å². The number of aromatic nitrogens is 2. The third-order valence-electron chi connectivity index (χ3n) is 3.04. The lowest BCUT2D eigenvalue weighted by atomic mass is 10.5. The van der Waals surface area contributed by atoms with Crippen molar-refractivity contribution in [3.63, 3.8) is 0 Å². The summed E-state index contributed by atoms with van der Waals surface area (Å²) in [6.45, 7) is 1.28. The molecule has 1 aromatic rings. The molecule has 0 aliphatic carbocycles. The Hall–Kier alpha value is -1.94. The van der Waals surface area contributed by atoms with Gasteiger partial charge in [-0.25, -0.2) is 13.2 Å². The predicted octanol–water partition coefficient (Wildman–Crippen LogP) is -1.34. The number of sulfonamides is 1. The highest BCUT2D eigenvalue weighted by Gasteiger charge is 2.30. The van der Waals surface area contributed by atoms with Crippen molar-refractivity contribution < 1.29 is 17.9 Å². The zero-order valence-electron chi connectivity index (χ0n) is 12.9. The molecular formula is C12H19N3O6S. The Morgan fingerprint density at radius 1 is 1.32 bits per heavy atom. The van der Waals surface area contributed by atoms with E-state index in [2.05, 4.69) is 4.74 Å². The summed E-state index contributed by atoms with van der Waals surface area (Å²) >= 11 is 0. The predicted molar refractivity (Wildman–Crippen MR) is 78.0 cm³/mol. The minimum absolute atomic E-state index is 0.0451. The van der Waals surface area contributed by atoms with E-state index in [9.17, 15) is 22.8 Å². The maximum Gasteiger partial charge on any atom is 0.330 e. The van der Waals surface area contributed by atoms with E-state index in [0.717, 1.165) is 22.2 Å². The van der Waals surface area contributed by atoms with Crippen LogP contribution in [0, 0.1) is 0 Å². The number of methoxy groups -OCH3 is 1. The second-order valence-corrected chi connectivity index (χ2v) is 6.57. The molecule has 0 aliphatic rings. The molecule has 0 amide bonds. The normalized spacial score (nSPS) is 11.7. The molecule has 0 radical (unpaired) electrons. The molecule has 0 bridgehead atoms. The van der Waals surface area contributed by atoms with Crippen molar-refractivity contribution in [2.45, 2.75) is 18.2 Å². The van der Waals surface area contributed by atoms with E-state index >= 15 is 0 Å². The van der Waals surface area contributed by atoms with Gasteiger partial charge in [-0.1, -0.05) is 6.92 Å². The van der Waals surface area contributed by atoms with Crippen molar-refractivity contribution in [2.75, 3.05) is 20.2 Å². The number of carbonyl (C=O) groups excluding carboxylic acids is 1. The fraction of sp³-hybridized carbons (Fsp3) is 0.583. The number of carbonyl (C=O) groups is 1. The van der Waals surface area contributed by atoms with Crippen LogP contribution in [0.2, 0.25) is 0 Å². The lowest BCUT2D eigenvalue weighted by Gasteiger charge is -2.20. The third kappa shape index (κ3) is 3.45. The van der Waals surface area contributed by atoms with Crippen LogP contribution in [0.25, 0.3) is 0 Å². The summed E-state index contributed by atoms with van der Waals surface area (Å²) in [5, 5.41) is 0. The van der Waals surface area contributed by atoms with E-state index in [4.69, 9.17) is 0 Å². The van der Waals surface area contributed by atoms with E-state index in [1.165, 1.54) is 14.1 Å². The number of ether oxygens (including phenoxy) is 1. The molecule has 0 spiro atoms. The van der Waals surface area contributed by atoms with Crippen molar-refractivity contribution in [3.05, 3.63) is 27.0 Å². The van der Waals surface area contributed by atoms with Crippen molar-refractivity contribution in [3.8, 4) is 0 Å². The maximum absolute atomic E-state index is 12.6. The minimum atomic E-state index is -4.22. The Bertz CT molecular complexity index is 777. The summed E-state index contributed by atoms with van der Waals surface area (Å²) in [6, 6.07) is 0. The highest BCUT2D eigenvalue weighted by Crippen LogP contribution is 2.11. The topological polar surface area (TPSA) is 108 Å². The van der Waals surface area contributed by atoms with Crippen LogP contribution in [0.15, 0.2) is 20.7 Å². The molecule has 124 valence electrons. The van der Waals surface area contributed by atoms with Crippen LogP contribution in [0.1, 0.15) is 13.3 Å². The Morgan fingerprint density at radius 2 is 1.91 bits per heavy atom. The molecule has 9 nitrogen and oxygen atoms in total. The first-order valence-electron chi connectivity index (χ1n) is 6.50. The van der Waals surface area contributed by atoms with Crippen LogP contribution in [0.3, 0.4) is 0 Å². The number of rotatable bonds is 6. The molecule has 0 atom stereocenters. The summed E-state index contributed by atoms with van der Waals surface area (Å²) in [6.07, 6.45) is 1.41. The fourth-order valence-corrected chi connectivity index (χ4v) is 3.46. The Morgan fingerprint density at radius 3 is 2.41 bits per heavy atom. The van der Waals surface area contributed by atoms with E-state index < -0.39 is 38.7 Å². The molecule has 0 fully saturated rings. The number of hydrogen-bond donors (Lipinski definition) is 0. The second kappa shape index (κ2) is 6.88. The first-order valence-corrected chi connectivity index (χ1v) is 7.94. The van der Waals surface area contributed by atoms with Crippen LogP contribution >= 0.6 is 0 Å². The number of hydrogen-bond acceptors (Lipinski definition) is 6. The van der Waals surface area contributed by atoms with E-state index in [1.54, 1.807) is 6.92 Å². The van der Waals surface area contributed by atoms with Gasteiger partial charge in [-0.2, -0.15) is 4.31 Å². The average Bonchev–Trinajstić information content (AvgIpc) is 2.47. The molecule has 0 N–H and O–H groups in total. The molecule has 0 aromatic carbocycles. The maximum atomic E-state index is 12.6. The van der Waals surface area contributed by atoms with Gasteiger partial charge in [0, 0.05) is 26.8 Å². The van der Waals surface area contributed by atoms with Gasteiger partial charge in [0.1, 0.15) is 6.54 Å². The number of nitrogens with zero attached hydrogens (tertiary/aromatic N) is 3. The molecule has 0 aliphatic heterocycles. The molecular weight excluding hydrogens is 314 g/mol. The quantitative estimate of drug-likeness (QED) is 0.596. The highest BCUT2D eigenvalue weighted by atomic mass is 32.2. The zero-order chi connectivity index (χ0) is 17.1. The van der Waals surface area contributed by atoms with Crippen molar-refractivity contribution in [2.24, 2.45) is 14.1 Å². The van der Waals surface area contributed by atoms with Crippen LogP contribution in [0.4, 0.5) is 0 Å². The SMILES string of the molecule is CCCN(CC(=O)OC)S(=O)(=O)c1cn(C)c(=O)n(C)c1=O. The van der Waals surface area contributed by atoms with Gasteiger partial charge in [-0.3, -0.25) is 14.2 Å². The lowest BCUT2D eigenvalue weighted by Crippen LogP contribution is -2.44. The van der Waals surface area contributed by atoms with Crippen molar-refractivity contribution in [1.82, 2.24) is 13.4 Å². The summed E-state index contributed by atoms with van der Waals surface area (Å²) in [5.41, 5.74) is -1.58. The molecule has 0 saturated heterocycles. The van der Waals surface area contributed by atoms with Crippen LogP contribution in [-0.2, 0) is 33.7 Å². The fourth-order valence-electron chi connectivity index (χ4n) is 1.83. The monoisotopic (exact) mass is 333 g/mol. The number of esters is 1. The van der Waals surface area contributed by atoms with Gasteiger partial charge in [0.2, 0.25) is 0 Å². The van der Waals surface area contributed by atoms with Gasteiger partial charge in [0.05, 0.1) is 7.11 Å². The summed E-state index contributed by atoms with van der Waals surface area (Å²) in [4.78, 5) is 34.5. The molecule has 1 heterocycles. The van der Waals surface area contributed by atoms with Crippen molar-refractivity contribution >= 4 is 16.0 Å². The van der Waals surface area contributed by atoms with E-state index in [1.807, 2.05) is 0 Å². The lowest BCUT2D eigenvalue weighted by molar-refractivity contribution is -0.140. The third-order valence-corrected chi connectivity index (χ3v) is 4.87. The molecule has 10 heteroatoms. The minimum Gasteiger partial charge on any atom is -0.468 e. The van der Waals surface area contributed by atoms with Crippen LogP contribution in [-0.4, -0.2) is 48.0 Å². The van der Waals surface area contributed by atoms with Crippen LogP contribution in [0.5, 0.6) is 0 Å². The molecule has 0 unspecified atom stereocenters. The smallest absolute Gasteiger partial charge is 0.330 e. The van der Waals surface area contributed by atoms with E-state index in [-0.39, 0.29) is 6.54 Å². The average molecular weight is 333 g/mol. The number of aryl methyl sites for hydroxylation is 1. The van der Waals surface area contributed by atoms with Gasteiger partial charge < -0.3 is 9.30 Å². The standard InChI is InChI=1S/C12H19N3O6S/c1-5-6-15(8-10(16)21-4)22(19,20)9-7-13(2)12(18)14(3)11(9)17/h7H,5-6,8H2,1-4H3. The molecule has 1 rings (SSSR count). The highest BCUT2D eigenvalue weighted by molar-refractivity contribution is 7.89. The summed E-state index contributed by atoms with van der Waals surface area (Å²) in [7, 11) is -0.551. The molecule has 1 aromatic heterocycles. The van der Waals surface area contributed by atoms with Crippen LogP contribution < -0.4 is 11.2 Å². The summed E-state index contributed by atoms with van der Waals surface area (Å²) in [5.74, 6) is -0.737. The second-order valence-electron chi connectivity index (χ2n) is 4.67. The first kappa shape index (κ1) is 18.1. The largest absolute Gasteiger partial charge is 0.468 e.